The minimum Gasteiger partial charge on any atom is -0.401 e. The van der Waals surface area contributed by atoms with Crippen LogP contribution in [0.5, 0.6) is 0 Å². The number of nitrogen functional groups attached to an aromatic ring is 1. The van der Waals surface area contributed by atoms with Crippen molar-refractivity contribution < 1.29 is 0 Å². The van der Waals surface area contributed by atoms with Gasteiger partial charge in [0.15, 0.2) is 0 Å². The molecule has 0 amide bonds. The zero-order valence-corrected chi connectivity index (χ0v) is 9.55. The van der Waals surface area contributed by atoms with Gasteiger partial charge in [-0.05, 0) is 27.7 Å². The van der Waals surface area contributed by atoms with E-state index in [-0.39, 0.29) is 0 Å². The van der Waals surface area contributed by atoms with Gasteiger partial charge < -0.3 is 11.5 Å². The summed E-state index contributed by atoms with van der Waals surface area (Å²) in [7, 11) is 0. The molecule has 1 heterocycles. The van der Waals surface area contributed by atoms with Crippen LogP contribution in [0.4, 0.5) is 5.82 Å². The molecule has 0 spiro atoms. The lowest BCUT2D eigenvalue weighted by Gasteiger charge is -1.85. The third-order valence-electron chi connectivity index (χ3n) is 2.05. The summed E-state index contributed by atoms with van der Waals surface area (Å²) in [6, 6.07) is 1.92. The van der Waals surface area contributed by atoms with Gasteiger partial charge in [0.1, 0.15) is 5.82 Å². The number of nitrogens with zero attached hydrogens (tertiary/aromatic N) is 2. The van der Waals surface area contributed by atoms with Crippen molar-refractivity contribution in [3.05, 3.63) is 22.5 Å². The van der Waals surface area contributed by atoms with Crippen molar-refractivity contribution in [1.82, 2.24) is 10.2 Å². The SMILES string of the molecule is CC(N)=C(C)C#N.Cc1[nH]nc(N)c1C. The number of rotatable bonds is 0. The molecule has 0 aromatic carbocycles. The lowest BCUT2D eigenvalue weighted by Crippen LogP contribution is -1.92. The Bertz CT molecular complexity index is 371. The number of hydrogen-bond acceptors (Lipinski definition) is 4. The molecule has 5 heteroatoms. The summed E-state index contributed by atoms with van der Waals surface area (Å²) in [6.45, 7) is 7.28. The van der Waals surface area contributed by atoms with Crippen LogP contribution in [-0.2, 0) is 0 Å². The van der Waals surface area contributed by atoms with Gasteiger partial charge in [0, 0.05) is 22.5 Å². The van der Waals surface area contributed by atoms with Gasteiger partial charge in [0.05, 0.1) is 6.07 Å². The third kappa shape index (κ3) is 4.18. The van der Waals surface area contributed by atoms with Crippen LogP contribution in [0.3, 0.4) is 0 Å². The lowest BCUT2D eigenvalue weighted by molar-refractivity contribution is 1.05. The molecule has 0 saturated carbocycles. The normalized spacial score (nSPS) is 10.9. The van der Waals surface area contributed by atoms with E-state index in [0.717, 1.165) is 11.3 Å². The molecule has 0 radical (unpaired) electrons. The molecule has 0 saturated heterocycles. The Morgan fingerprint density at radius 2 is 1.93 bits per heavy atom. The number of nitriles is 1. The van der Waals surface area contributed by atoms with Crippen LogP contribution < -0.4 is 11.5 Å². The van der Waals surface area contributed by atoms with Crippen molar-refractivity contribution in [3.63, 3.8) is 0 Å². The predicted octanol–water partition coefficient (Wildman–Crippen LogP) is 1.37. The van der Waals surface area contributed by atoms with Crippen LogP contribution in [0, 0.1) is 25.2 Å². The summed E-state index contributed by atoms with van der Waals surface area (Å²) in [5.41, 5.74) is 13.9. The Labute approximate surface area is 89.8 Å². The van der Waals surface area contributed by atoms with E-state index in [9.17, 15) is 0 Å². The molecular formula is C10H17N5. The first-order valence-corrected chi connectivity index (χ1v) is 4.50. The molecule has 0 atom stereocenters. The van der Waals surface area contributed by atoms with Gasteiger partial charge in [-0.15, -0.1) is 0 Å². The van der Waals surface area contributed by atoms with Crippen molar-refractivity contribution in [1.29, 1.82) is 5.26 Å². The van der Waals surface area contributed by atoms with E-state index in [2.05, 4.69) is 10.2 Å². The number of hydrogen-bond donors (Lipinski definition) is 3. The van der Waals surface area contributed by atoms with Crippen molar-refractivity contribution in [2.24, 2.45) is 5.73 Å². The molecule has 0 bridgehead atoms. The smallest absolute Gasteiger partial charge is 0.148 e. The zero-order chi connectivity index (χ0) is 12.0. The molecule has 82 valence electrons. The highest BCUT2D eigenvalue weighted by molar-refractivity contribution is 5.39. The standard InChI is InChI=1S/C5H9N3.C5H8N2/c1-3-4(2)7-8-5(3)6;1-4(3-6)5(2)7/h1-2H3,(H3,6,7,8);7H2,1-2H3. The summed E-state index contributed by atoms with van der Waals surface area (Å²) >= 11 is 0. The molecule has 15 heavy (non-hydrogen) atoms. The number of aromatic amines is 1. The van der Waals surface area contributed by atoms with E-state index in [1.54, 1.807) is 13.8 Å². The fourth-order valence-corrected chi connectivity index (χ4v) is 0.592. The summed E-state index contributed by atoms with van der Waals surface area (Å²) in [6.07, 6.45) is 0. The maximum absolute atomic E-state index is 8.12. The molecule has 1 aromatic heterocycles. The summed E-state index contributed by atoms with van der Waals surface area (Å²) in [5, 5.41) is 14.6. The second-order valence-corrected chi connectivity index (χ2v) is 3.28. The van der Waals surface area contributed by atoms with Crippen molar-refractivity contribution in [3.8, 4) is 6.07 Å². The van der Waals surface area contributed by atoms with E-state index in [4.69, 9.17) is 16.7 Å². The molecule has 1 rings (SSSR count). The Balaban J connectivity index is 0.000000265. The van der Waals surface area contributed by atoms with Crippen LogP contribution in [-0.4, -0.2) is 10.2 Å². The van der Waals surface area contributed by atoms with Gasteiger partial charge in [-0.2, -0.15) is 10.4 Å². The summed E-state index contributed by atoms with van der Waals surface area (Å²) in [5.74, 6) is 0.600. The highest BCUT2D eigenvalue weighted by Gasteiger charge is 1.97. The Hall–Kier alpha value is -1.96. The summed E-state index contributed by atoms with van der Waals surface area (Å²) < 4.78 is 0. The first kappa shape index (κ1) is 13.0. The minimum absolute atomic E-state index is 0.597. The van der Waals surface area contributed by atoms with E-state index < -0.39 is 0 Å². The highest BCUT2D eigenvalue weighted by atomic mass is 15.2. The number of anilines is 1. The topological polar surface area (TPSA) is 105 Å². The second kappa shape index (κ2) is 5.70. The van der Waals surface area contributed by atoms with Gasteiger partial charge in [-0.3, -0.25) is 5.10 Å². The average molecular weight is 207 g/mol. The average Bonchev–Trinajstić information content (AvgIpc) is 2.49. The molecule has 0 unspecified atom stereocenters. The number of aryl methyl sites for hydroxylation is 1. The number of nitrogens with two attached hydrogens (primary N) is 2. The van der Waals surface area contributed by atoms with Gasteiger partial charge >= 0.3 is 0 Å². The zero-order valence-electron chi connectivity index (χ0n) is 9.55. The van der Waals surface area contributed by atoms with Gasteiger partial charge in [-0.1, -0.05) is 0 Å². The minimum atomic E-state index is 0.597. The highest BCUT2D eigenvalue weighted by Crippen LogP contribution is 2.07. The summed E-state index contributed by atoms with van der Waals surface area (Å²) in [4.78, 5) is 0. The Morgan fingerprint density at radius 3 is 2.00 bits per heavy atom. The number of H-pyrrole nitrogens is 1. The van der Waals surface area contributed by atoms with Gasteiger partial charge in [-0.25, -0.2) is 0 Å². The number of nitrogens with one attached hydrogen (secondary N) is 1. The molecule has 0 fully saturated rings. The monoisotopic (exact) mass is 207 g/mol. The van der Waals surface area contributed by atoms with E-state index in [1.807, 2.05) is 19.9 Å². The van der Waals surface area contributed by atoms with Gasteiger partial charge in [0.2, 0.25) is 0 Å². The van der Waals surface area contributed by atoms with Crippen LogP contribution in [0.25, 0.3) is 0 Å². The molecule has 0 aliphatic carbocycles. The number of aromatic nitrogens is 2. The van der Waals surface area contributed by atoms with Crippen molar-refractivity contribution in [2.75, 3.05) is 5.73 Å². The quantitative estimate of drug-likeness (QED) is 0.559. The largest absolute Gasteiger partial charge is 0.401 e. The van der Waals surface area contributed by atoms with Crippen LogP contribution in [0.1, 0.15) is 25.1 Å². The Kier molecular flexibility index (Phi) is 4.96. The molecular weight excluding hydrogens is 190 g/mol. The second-order valence-electron chi connectivity index (χ2n) is 3.28. The predicted molar refractivity (Wildman–Crippen MR) is 60.6 cm³/mol. The van der Waals surface area contributed by atoms with Gasteiger partial charge in [0.25, 0.3) is 0 Å². The number of allylic oxidation sites excluding steroid dienone is 2. The van der Waals surface area contributed by atoms with Crippen molar-refractivity contribution in [2.45, 2.75) is 27.7 Å². The van der Waals surface area contributed by atoms with E-state index >= 15 is 0 Å². The molecule has 5 nitrogen and oxygen atoms in total. The van der Waals surface area contributed by atoms with Crippen LogP contribution in [0.15, 0.2) is 11.3 Å². The molecule has 0 aliphatic rings. The van der Waals surface area contributed by atoms with Crippen molar-refractivity contribution >= 4 is 5.82 Å². The van der Waals surface area contributed by atoms with E-state index in [0.29, 0.717) is 17.1 Å². The van der Waals surface area contributed by atoms with Crippen LogP contribution in [0.2, 0.25) is 0 Å². The van der Waals surface area contributed by atoms with Crippen LogP contribution >= 0.6 is 0 Å². The first-order chi connectivity index (χ1) is 6.90. The fourth-order valence-electron chi connectivity index (χ4n) is 0.592. The first-order valence-electron chi connectivity index (χ1n) is 4.50. The Morgan fingerprint density at radius 1 is 1.40 bits per heavy atom. The van der Waals surface area contributed by atoms with E-state index in [1.165, 1.54) is 0 Å². The maximum Gasteiger partial charge on any atom is 0.148 e. The fraction of sp³-hybridized carbons (Fsp3) is 0.400. The molecule has 0 aliphatic heterocycles. The molecule has 5 N–H and O–H groups in total. The molecule has 1 aromatic rings. The maximum atomic E-state index is 8.12. The third-order valence-corrected chi connectivity index (χ3v) is 2.05. The lowest BCUT2D eigenvalue weighted by atomic mass is 10.3.